The number of aliphatic hydroxyl groups excluding tert-OH is 2. The summed E-state index contributed by atoms with van der Waals surface area (Å²) >= 11 is 0. The third-order valence-electron chi connectivity index (χ3n) is 14.1. The average molecular weight is 1090 g/mol. The fraction of sp³-hybridized carbons (Fsp3) is 0.785. The lowest BCUT2D eigenvalue weighted by Gasteiger charge is -2.40. The van der Waals surface area contributed by atoms with E-state index in [-0.39, 0.29) is 25.9 Å². The summed E-state index contributed by atoms with van der Waals surface area (Å²) in [4.78, 5) is 51.2. The van der Waals surface area contributed by atoms with E-state index < -0.39 is 67.3 Å². The average Bonchev–Trinajstić information content (AvgIpc) is 3.42. The number of carboxylic acids is 1. The van der Waals surface area contributed by atoms with E-state index in [2.05, 4.69) is 69.4 Å². The monoisotopic (exact) mass is 1080 g/mol. The van der Waals surface area contributed by atoms with E-state index in [1.807, 2.05) is 12.2 Å². The molecule has 1 saturated heterocycles. The number of hydrogen-bond acceptors (Lipinski definition) is 11. The Morgan fingerprint density at radius 2 is 0.844 bits per heavy atom. The van der Waals surface area contributed by atoms with E-state index in [1.54, 1.807) is 0 Å². The van der Waals surface area contributed by atoms with Crippen molar-refractivity contribution in [3.05, 3.63) is 60.8 Å². The standard InChI is InChI=1S/C65H112O12/c1-4-7-10-13-16-19-22-25-27-29-31-34-36-39-42-45-48-51-57(66)73-54-56(75-58(67)52-49-46-43-40-37-33-24-21-18-15-12-9-6-3)55-74-65-63(61(70)60(69)62(77-65)64(71)72)76-59(68)53-50-47-44-41-38-35-32-30-28-26-23-20-17-14-11-8-5-2/h9,12,18,21,26,28,33,37,43,46,56,60-63,65,69-70H,4-8,10-11,13-17,19-20,22-25,27,29-32,34-36,38-42,44-45,47-55H2,1-3H3,(H,71,72)/b12-9-,21-18-,28-26-,37-33-,46-43-. The fourth-order valence-corrected chi connectivity index (χ4v) is 9.32. The van der Waals surface area contributed by atoms with Gasteiger partial charge in [0.2, 0.25) is 0 Å². The van der Waals surface area contributed by atoms with Gasteiger partial charge >= 0.3 is 23.9 Å². The van der Waals surface area contributed by atoms with E-state index in [0.717, 1.165) is 77.0 Å². The van der Waals surface area contributed by atoms with Gasteiger partial charge in [-0.3, -0.25) is 14.4 Å². The molecule has 0 aliphatic carbocycles. The zero-order valence-corrected chi connectivity index (χ0v) is 49.0. The topological polar surface area (TPSA) is 175 Å². The molecular weight excluding hydrogens is 973 g/mol. The van der Waals surface area contributed by atoms with Crippen molar-refractivity contribution in [1.82, 2.24) is 0 Å². The van der Waals surface area contributed by atoms with Crippen LogP contribution in [0, 0.1) is 0 Å². The predicted molar refractivity (Wildman–Crippen MR) is 312 cm³/mol. The Bertz CT molecular complexity index is 1570. The summed E-state index contributed by atoms with van der Waals surface area (Å²) in [6.07, 6.45) is 53.5. The van der Waals surface area contributed by atoms with Gasteiger partial charge in [0.05, 0.1) is 6.61 Å². The van der Waals surface area contributed by atoms with Crippen molar-refractivity contribution < 1.29 is 58.2 Å². The Labute approximate surface area is 468 Å². The second-order valence-electron chi connectivity index (χ2n) is 21.3. The zero-order chi connectivity index (χ0) is 56.1. The van der Waals surface area contributed by atoms with Gasteiger partial charge in [0.1, 0.15) is 18.8 Å². The van der Waals surface area contributed by atoms with Crippen LogP contribution in [0.15, 0.2) is 60.8 Å². The van der Waals surface area contributed by atoms with Crippen molar-refractivity contribution in [3.63, 3.8) is 0 Å². The number of carbonyl (C=O) groups is 4. The summed E-state index contributed by atoms with van der Waals surface area (Å²) in [5.41, 5.74) is 0. The number of carbonyl (C=O) groups excluding carboxylic acids is 3. The summed E-state index contributed by atoms with van der Waals surface area (Å²) in [5.74, 6) is -3.22. The summed E-state index contributed by atoms with van der Waals surface area (Å²) in [7, 11) is 0. The summed E-state index contributed by atoms with van der Waals surface area (Å²) in [5, 5.41) is 31.5. The summed E-state index contributed by atoms with van der Waals surface area (Å²) < 4.78 is 28.4. The molecular formula is C65H112O12. The van der Waals surface area contributed by atoms with Gasteiger partial charge in [0.15, 0.2) is 24.6 Å². The van der Waals surface area contributed by atoms with Crippen LogP contribution in [0.5, 0.6) is 0 Å². The molecule has 1 aliphatic heterocycles. The minimum absolute atomic E-state index is 0.0427. The molecule has 1 heterocycles. The highest BCUT2D eigenvalue weighted by Crippen LogP contribution is 2.26. The first-order chi connectivity index (χ1) is 37.6. The Balaban J connectivity index is 2.68. The molecule has 0 aromatic heterocycles. The first-order valence-electron chi connectivity index (χ1n) is 31.3. The van der Waals surface area contributed by atoms with Crippen molar-refractivity contribution in [2.45, 2.75) is 314 Å². The van der Waals surface area contributed by atoms with E-state index in [9.17, 15) is 34.5 Å². The molecule has 1 aliphatic rings. The van der Waals surface area contributed by atoms with Crippen LogP contribution in [0.4, 0.5) is 0 Å². The van der Waals surface area contributed by atoms with Gasteiger partial charge in [-0.25, -0.2) is 4.79 Å². The number of allylic oxidation sites excluding steroid dienone is 10. The van der Waals surface area contributed by atoms with Gasteiger partial charge in [-0.05, 0) is 70.6 Å². The van der Waals surface area contributed by atoms with E-state index in [0.29, 0.717) is 25.7 Å². The van der Waals surface area contributed by atoms with Gasteiger partial charge < -0.3 is 39.0 Å². The number of aliphatic carboxylic acids is 1. The molecule has 0 bridgehead atoms. The number of ether oxygens (including phenoxy) is 5. The molecule has 77 heavy (non-hydrogen) atoms. The molecule has 0 aromatic carbocycles. The lowest BCUT2D eigenvalue weighted by Crippen LogP contribution is -2.61. The van der Waals surface area contributed by atoms with Gasteiger partial charge in [-0.1, -0.05) is 248 Å². The molecule has 0 saturated carbocycles. The molecule has 0 spiro atoms. The molecule has 12 heteroatoms. The molecule has 6 unspecified atom stereocenters. The van der Waals surface area contributed by atoms with Crippen LogP contribution >= 0.6 is 0 Å². The Kier molecular flexibility index (Phi) is 49.2. The maximum Gasteiger partial charge on any atom is 0.335 e. The lowest BCUT2D eigenvalue weighted by molar-refractivity contribution is -0.301. The van der Waals surface area contributed by atoms with Gasteiger partial charge in [0, 0.05) is 19.3 Å². The Morgan fingerprint density at radius 1 is 0.442 bits per heavy atom. The van der Waals surface area contributed by atoms with Crippen molar-refractivity contribution in [1.29, 1.82) is 0 Å². The van der Waals surface area contributed by atoms with Gasteiger partial charge in [-0.15, -0.1) is 0 Å². The highest BCUT2D eigenvalue weighted by atomic mass is 16.7. The third kappa shape index (κ3) is 43.0. The molecule has 12 nitrogen and oxygen atoms in total. The minimum atomic E-state index is -1.91. The molecule has 1 fully saturated rings. The van der Waals surface area contributed by atoms with Gasteiger partial charge in [0.25, 0.3) is 0 Å². The lowest BCUT2D eigenvalue weighted by atomic mass is 9.98. The number of unbranched alkanes of at least 4 members (excludes halogenated alkanes) is 29. The Hall–Kier alpha value is -3.58. The largest absolute Gasteiger partial charge is 0.479 e. The second-order valence-corrected chi connectivity index (χ2v) is 21.3. The maximum atomic E-state index is 13.1. The third-order valence-corrected chi connectivity index (χ3v) is 14.1. The van der Waals surface area contributed by atoms with Crippen LogP contribution in [0.25, 0.3) is 0 Å². The van der Waals surface area contributed by atoms with Crippen LogP contribution in [-0.4, -0.2) is 89.2 Å². The Morgan fingerprint density at radius 3 is 1.30 bits per heavy atom. The van der Waals surface area contributed by atoms with Crippen LogP contribution in [0.1, 0.15) is 278 Å². The smallest absolute Gasteiger partial charge is 0.335 e. The second kappa shape index (κ2) is 53.1. The SMILES string of the molecule is CC/C=C\C/C=C\C/C=C\C/C=C\CCC(=O)OC(COC(=O)CCCCCCCCCCCCCCCCCCC)COC1OC(C(=O)O)C(O)C(O)C1OC(=O)CCCCCCCCC/C=C\CCCCCCCC. The molecule has 0 radical (unpaired) electrons. The van der Waals surface area contributed by atoms with E-state index in [4.69, 9.17) is 23.7 Å². The maximum absolute atomic E-state index is 13.1. The van der Waals surface area contributed by atoms with Crippen molar-refractivity contribution in [2.75, 3.05) is 13.2 Å². The van der Waals surface area contributed by atoms with E-state index in [1.165, 1.54) is 135 Å². The number of rotatable bonds is 53. The molecule has 6 atom stereocenters. The van der Waals surface area contributed by atoms with Crippen LogP contribution in [0.3, 0.4) is 0 Å². The molecule has 0 amide bonds. The fourth-order valence-electron chi connectivity index (χ4n) is 9.32. The number of hydrogen-bond donors (Lipinski definition) is 3. The first kappa shape index (κ1) is 71.4. The van der Waals surface area contributed by atoms with E-state index >= 15 is 0 Å². The van der Waals surface area contributed by atoms with Crippen LogP contribution < -0.4 is 0 Å². The number of carboxylic acid groups (broad SMARTS) is 1. The van der Waals surface area contributed by atoms with Gasteiger partial charge in [-0.2, -0.15) is 0 Å². The highest BCUT2D eigenvalue weighted by molar-refractivity contribution is 5.74. The quantitative estimate of drug-likeness (QED) is 0.0228. The minimum Gasteiger partial charge on any atom is -0.479 e. The number of esters is 3. The normalized spacial score (nSPS) is 18.4. The summed E-state index contributed by atoms with van der Waals surface area (Å²) in [6.45, 7) is 5.84. The van der Waals surface area contributed by atoms with Crippen LogP contribution in [0.2, 0.25) is 0 Å². The van der Waals surface area contributed by atoms with Crippen molar-refractivity contribution in [2.24, 2.45) is 0 Å². The van der Waals surface area contributed by atoms with Crippen LogP contribution in [-0.2, 0) is 42.9 Å². The van der Waals surface area contributed by atoms with Crippen molar-refractivity contribution >= 4 is 23.9 Å². The van der Waals surface area contributed by atoms with Crippen molar-refractivity contribution in [3.8, 4) is 0 Å². The molecule has 444 valence electrons. The highest BCUT2D eigenvalue weighted by Gasteiger charge is 2.50. The molecule has 0 aromatic rings. The predicted octanol–water partition coefficient (Wildman–Crippen LogP) is 16.3. The first-order valence-corrected chi connectivity index (χ1v) is 31.3. The number of aliphatic hydroxyl groups is 2. The zero-order valence-electron chi connectivity index (χ0n) is 49.0. The summed E-state index contributed by atoms with van der Waals surface area (Å²) in [6, 6.07) is 0. The molecule has 3 N–H and O–H groups in total. The molecule has 1 rings (SSSR count).